The van der Waals surface area contributed by atoms with E-state index in [-0.39, 0.29) is 21.9 Å². The second kappa shape index (κ2) is 12.8. The fourth-order valence-electron chi connectivity index (χ4n) is 5.46. The van der Waals surface area contributed by atoms with Gasteiger partial charge in [0, 0.05) is 35.1 Å². The minimum Gasteiger partial charge on any atom is -0.506 e. The van der Waals surface area contributed by atoms with E-state index in [0.717, 1.165) is 44.0 Å². The van der Waals surface area contributed by atoms with Crippen LogP contribution in [0.5, 0.6) is 5.75 Å². The highest BCUT2D eigenvalue weighted by atomic mass is 32.2. The van der Waals surface area contributed by atoms with Crippen LogP contribution in [0, 0.1) is 6.92 Å². The molecule has 1 aliphatic carbocycles. The van der Waals surface area contributed by atoms with Gasteiger partial charge in [0.1, 0.15) is 16.6 Å². The summed E-state index contributed by atoms with van der Waals surface area (Å²) in [6.07, 6.45) is 4.71. The normalized spacial score (nSPS) is 13.7. The second-order valence-corrected chi connectivity index (χ2v) is 14.3. The van der Waals surface area contributed by atoms with Crippen LogP contribution in [0.15, 0.2) is 75.5 Å². The monoisotopic (exact) mass is 690 g/mol. The van der Waals surface area contributed by atoms with Crippen LogP contribution < -0.4 is 32.5 Å². The number of fused-ring (bicyclic) bond motifs is 4. The fraction of sp³-hybridized carbons (Fsp3) is 0.167. The molecular weight excluding hydrogens is 655 g/mol. The van der Waals surface area contributed by atoms with Crippen LogP contribution in [0.2, 0.25) is 0 Å². The number of anilines is 3. The Balaban J connectivity index is 0.000000216. The first kappa shape index (κ1) is 33.9. The average molecular weight is 691 g/mol. The topological polar surface area (TPSA) is 216 Å². The highest BCUT2D eigenvalue weighted by Gasteiger charge is 2.19. The molecule has 50 heavy (non-hydrogen) atoms. The lowest BCUT2D eigenvalue weighted by atomic mass is 10.1. The zero-order chi connectivity index (χ0) is 36.0. The van der Waals surface area contributed by atoms with Crippen molar-refractivity contribution in [2.45, 2.75) is 44.6 Å². The number of phenols is 1. The third-order valence-corrected chi connectivity index (χ3v) is 8.69. The number of aliphatic imine (C=N–C) groups is 2. The first-order valence-electron chi connectivity index (χ1n) is 15.5. The van der Waals surface area contributed by atoms with E-state index in [1.165, 1.54) is 19.1 Å². The molecule has 0 bridgehead atoms. The van der Waals surface area contributed by atoms with Gasteiger partial charge in [0.05, 0.1) is 44.0 Å². The highest BCUT2D eigenvalue weighted by molar-refractivity contribution is 7.85. The summed E-state index contributed by atoms with van der Waals surface area (Å²) in [6.45, 7) is 10.8. The molecule has 254 valence electrons. The Morgan fingerprint density at radius 1 is 0.880 bits per heavy atom. The number of nitrogens with two attached hydrogens (primary N) is 2. The maximum Gasteiger partial charge on any atom is 0.294 e. The Bertz CT molecular complexity index is 2630. The van der Waals surface area contributed by atoms with Crippen molar-refractivity contribution in [3.63, 3.8) is 0 Å². The van der Waals surface area contributed by atoms with Crippen molar-refractivity contribution < 1.29 is 23.1 Å². The molecule has 0 unspecified atom stereocenters. The van der Waals surface area contributed by atoms with Gasteiger partial charge < -0.3 is 21.9 Å². The van der Waals surface area contributed by atoms with E-state index in [0.29, 0.717) is 40.3 Å². The van der Waals surface area contributed by atoms with Gasteiger partial charge in [-0.25, -0.2) is 19.9 Å². The largest absolute Gasteiger partial charge is 0.506 e. The molecule has 8 N–H and O–H groups in total. The molecule has 2 heterocycles. The SMILES string of the molecule is C=Nc1cc2nc3cc(N)ccc3nc2cc1N=C1C=c2nc3cc(N)ccc3[nH+]c2=CC1.Cc1cc(O)c(NC(C)(C)C)cc1S(=O)(=O)O. The molecule has 0 saturated carbocycles. The Morgan fingerprint density at radius 3 is 2.20 bits per heavy atom. The minimum atomic E-state index is -4.28. The number of nitrogens with one attached hydrogen (secondary N) is 2. The van der Waals surface area contributed by atoms with Crippen LogP contribution in [-0.4, -0.2) is 51.0 Å². The van der Waals surface area contributed by atoms with Crippen molar-refractivity contribution in [3.05, 3.63) is 76.9 Å². The Hall–Kier alpha value is -5.99. The van der Waals surface area contributed by atoms with Crippen molar-refractivity contribution in [2.75, 3.05) is 16.8 Å². The minimum absolute atomic E-state index is 0.0511. The number of hydrogen-bond acceptors (Lipinski definition) is 11. The number of aryl methyl sites for hydroxylation is 1. The lowest BCUT2D eigenvalue weighted by Crippen LogP contribution is -2.45. The third kappa shape index (κ3) is 7.36. The lowest BCUT2D eigenvalue weighted by Gasteiger charge is -2.23. The molecule has 0 spiro atoms. The van der Waals surface area contributed by atoms with Crippen molar-refractivity contribution in [1.82, 2.24) is 15.0 Å². The van der Waals surface area contributed by atoms with Crippen LogP contribution in [0.4, 0.5) is 28.4 Å². The van der Waals surface area contributed by atoms with Crippen LogP contribution >= 0.6 is 0 Å². The summed E-state index contributed by atoms with van der Waals surface area (Å²) in [5.74, 6) is -0.0511. The van der Waals surface area contributed by atoms with E-state index in [1.54, 1.807) is 0 Å². The molecule has 0 amide bonds. The molecule has 0 radical (unpaired) electrons. The summed E-state index contributed by atoms with van der Waals surface area (Å²) in [5, 5.41) is 14.4. The molecule has 0 fully saturated rings. The first-order valence-corrected chi connectivity index (χ1v) is 17.0. The maximum absolute atomic E-state index is 11.1. The summed E-state index contributed by atoms with van der Waals surface area (Å²) >= 11 is 0. The van der Waals surface area contributed by atoms with Gasteiger partial charge in [0.2, 0.25) is 10.9 Å². The summed E-state index contributed by atoms with van der Waals surface area (Å²) in [5.41, 5.74) is 20.2. The molecule has 2 aromatic heterocycles. The Morgan fingerprint density at radius 2 is 1.52 bits per heavy atom. The van der Waals surface area contributed by atoms with E-state index in [2.05, 4.69) is 33.1 Å². The third-order valence-electron chi connectivity index (χ3n) is 7.69. The van der Waals surface area contributed by atoms with Gasteiger partial charge in [-0.1, -0.05) is 0 Å². The summed E-state index contributed by atoms with van der Waals surface area (Å²) in [4.78, 5) is 26.4. The standard InChI is InChI=1S/C25H18N8.C11H17NO4S/c1-28-19-11-24-25(31-17-6-3-14(27)9-21(17)33-24)12-23(19)29-15-4-7-18-22(10-15)32-20-8-13(26)2-5-16(20)30-18;1-7-5-9(13)8(12-11(2,3)4)6-10(7)17(14,15)16/h2-3,5-12H,1,4,26-27H2;5-6,12-13H,1-4H3,(H,14,15,16)/p+1. The van der Waals surface area contributed by atoms with E-state index in [4.69, 9.17) is 31.0 Å². The number of nitrogen functional groups attached to an aromatic ring is 2. The van der Waals surface area contributed by atoms with Crippen molar-refractivity contribution in [1.29, 1.82) is 0 Å². The van der Waals surface area contributed by atoms with Gasteiger partial charge in [0.15, 0.2) is 0 Å². The molecule has 1 aliphatic rings. The predicted octanol–water partition coefficient (Wildman–Crippen LogP) is 4.54. The van der Waals surface area contributed by atoms with Gasteiger partial charge in [0.25, 0.3) is 10.1 Å². The molecule has 13 nitrogen and oxygen atoms in total. The van der Waals surface area contributed by atoms with Gasteiger partial charge >= 0.3 is 0 Å². The predicted molar refractivity (Wildman–Crippen MR) is 199 cm³/mol. The molecule has 0 aliphatic heterocycles. The van der Waals surface area contributed by atoms with E-state index >= 15 is 0 Å². The van der Waals surface area contributed by atoms with E-state index in [1.807, 2.05) is 75.4 Å². The molecule has 7 rings (SSSR count). The van der Waals surface area contributed by atoms with Gasteiger partial charge in [-0.3, -0.25) is 14.5 Å². The summed E-state index contributed by atoms with van der Waals surface area (Å²) < 4.78 is 31.3. The Kier molecular flexibility index (Phi) is 8.68. The lowest BCUT2D eigenvalue weighted by molar-refractivity contribution is -0.364. The zero-order valence-corrected chi connectivity index (χ0v) is 28.7. The fourth-order valence-corrected chi connectivity index (χ4v) is 6.19. The maximum atomic E-state index is 11.1. The van der Waals surface area contributed by atoms with E-state index in [9.17, 15) is 13.5 Å². The Labute approximate surface area is 287 Å². The molecule has 0 saturated heterocycles. The average Bonchev–Trinajstić information content (AvgIpc) is 3.03. The molecular formula is C36H36N9O4S+. The quantitative estimate of drug-likeness (QED) is 0.0572. The van der Waals surface area contributed by atoms with Crippen molar-refractivity contribution in [3.8, 4) is 5.75 Å². The zero-order valence-electron chi connectivity index (χ0n) is 27.9. The van der Waals surface area contributed by atoms with Crippen molar-refractivity contribution in [2.24, 2.45) is 9.98 Å². The number of H-pyrrole nitrogens is 1. The first-order chi connectivity index (χ1) is 23.6. The van der Waals surface area contributed by atoms with Crippen LogP contribution in [0.1, 0.15) is 32.8 Å². The molecule has 14 heteroatoms. The highest BCUT2D eigenvalue weighted by Crippen LogP contribution is 2.34. The van der Waals surface area contributed by atoms with Gasteiger partial charge in [-0.05, 0) is 107 Å². The number of aromatic hydroxyl groups is 1. The molecule has 0 atom stereocenters. The number of aromatic amines is 1. The number of nitrogens with zero attached hydrogens (tertiary/aromatic N) is 5. The smallest absolute Gasteiger partial charge is 0.294 e. The number of aromatic nitrogens is 4. The molecule has 6 aromatic rings. The van der Waals surface area contributed by atoms with Crippen LogP contribution in [-0.2, 0) is 10.1 Å². The summed E-state index contributed by atoms with van der Waals surface area (Å²) in [7, 11) is -4.28. The number of benzene rings is 4. The van der Waals surface area contributed by atoms with Crippen molar-refractivity contribution >= 4 is 96.2 Å². The summed E-state index contributed by atoms with van der Waals surface area (Å²) in [6, 6.07) is 17.4. The van der Waals surface area contributed by atoms with Gasteiger partial charge in [-0.2, -0.15) is 8.42 Å². The number of rotatable bonds is 4. The van der Waals surface area contributed by atoms with Crippen LogP contribution in [0.25, 0.3) is 45.3 Å². The number of hydrogen-bond donors (Lipinski definition) is 5. The molecule has 4 aromatic carbocycles. The van der Waals surface area contributed by atoms with Crippen LogP contribution in [0.3, 0.4) is 0 Å². The second-order valence-electron chi connectivity index (χ2n) is 12.9. The van der Waals surface area contributed by atoms with Gasteiger partial charge in [-0.15, -0.1) is 0 Å². The number of phenolic OH excluding ortho intramolecular Hbond substituents is 1. The van der Waals surface area contributed by atoms with E-state index < -0.39 is 10.1 Å².